The van der Waals surface area contributed by atoms with E-state index in [2.05, 4.69) is 109 Å². The Hall–Kier alpha value is -3.66. The van der Waals surface area contributed by atoms with Crippen molar-refractivity contribution >= 4 is 11.9 Å². The number of carbonyl (C=O) groups excluding carboxylic acids is 2. The molecule has 0 radical (unpaired) electrons. The predicted molar refractivity (Wildman–Crippen MR) is 160 cm³/mol. The third-order valence-electron chi connectivity index (χ3n) is 6.91. The first-order valence-corrected chi connectivity index (χ1v) is 13.7. The lowest BCUT2D eigenvalue weighted by Crippen LogP contribution is -2.11. The molecule has 4 heteroatoms. The standard InChI is InChI=1S/C35H42O4/c1-9-32(36)38-20-19-26-21-27(23-39-33(37)10-2)31(25-13-17-29(18-14-25)35(6,7)8)22-30(26)24-11-15-28(16-12-24)34(3,4)5/h9,11-18,21-22H,1,10,19-20,23H2,2-8H3. The molecule has 0 saturated heterocycles. The van der Waals surface area contributed by atoms with Gasteiger partial charge in [0.05, 0.1) is 6.61 Å². The molecule has 3 aromatic rings. The van der Waals surface area contributed by atoms with Gasteiger partial charge < -0.3 is 9.47 Å². The minimum atomic E-state index is -0.446. The molecule has 4 nitrogen and oxygen atoms in total. The Morgan fingerprint density at radius 2 is 1.23 bits per heavy atom. The molecular weight excluding hydrogens is 484 g/mol. The van der Waals surface area contributed by atoms with Gasteiger partial charge in [0.2, 0.25) is 0 Å². The quantitative estimate of drug-likeness (QED) is 0.208. The molecule has 0 aliphatic carbocycles. The number of ether oxygens (including phenoxy) is 2. The van der Waals surface area contributed by atoms with Crippen LogP contribution in [0.1, 0.15) is 77.1 Å². The van der Waals surface area contributed by atoms with E-state index in [-0.39, 0.29) is 30.0 Å². The van der Waals surface area contributed by atoms with Crippen LogP contribution in [0.25, 0.3) is 22.3 Å². The van der Waals surface area contributed by atoms with Crippen molar-refractivity contribution in [1.29, 1.82) is 0 Å². The first-order valence-electron chi connectivity index (χ1n) is 13.7. The zero-order chi connectivity index (χ0) is 28.8. The molecule has 0 unspecified atom stereocenters. The summed E-state index contributed by atoms with van der Waals surface area (Å²) in [6.45, 7) is 18.9. The molecule has 0 aromatic heterocycles. The molecule has 0 heterocycles. The summed E-state index contributed by atoms with van der Waals surface area (Å²) in [5.74, 6) is -0.689. The average Bonchev–Trinajstić information content (AvgIpc) is 2.90. The van der Waals surface area contributed by atoms with E-state index in [1.165, 1.54) is 17.2 Å². The largest absolute Gasteiger partial charge is 0.462 e. The third-order valence-corrected chi connectivity index (χ3v) is 6.91. The van der Waals surface area contributed by atoms with E-state index in [1.54, 1.807) is 6.92 Å². The Bertz CT molecular complexity index is 1300. The lowest BCUT2D eigenvalue weighted by atomic mass is 9.84. The smallest absolute Gasteiger partial charge is 0.330 e. The second-order valence-electron chi connectivity index (χ2n) is 12.0. The molecule has 0 N–H and O–H groups in total. The number of hydrogen-bond donors (Lipinski definition) is 0. The summed E-state index contributed by atoms with van der Waals surface area (Å²) in [6.07, 6.45) is 2.01. The Labute approximate surface area is 234 Å². The van der Waals surface area contributed by atoms with Crippen LogP contribution in [0.4, 0.5) is 0 Å². The summed E-state index contributed by atoms with van der Waals surface area (Å²) in [4.78, 5) is 23.8. The van der Waals surface area contributed by atoms with Crippen LogP contribution in [0.3, 0.4) is 0 Å². The molecule has 0 amide bonds. The number of hydrogen-bond acceptors (Lipinski definition) is 4. The van der Waals surface area contributed by atoms with E-state index in [4.69, 9.17) is 9.47 Å². The van der Waals surface area contributed by atoms with E-state index < -0.39 is 5.97 Å². The van der Waals surface area contributed by atoms with Gasteiger partial charge in [0.25, 0.3) is 0 Å². The molecule has 3 rings (SSSR count). The summed E-state index contributed by atoms with van der Waals surface area (Å²) >= 11 is 0. The van der Waals surface area contributed by atoms with Gasteiger partial charge in [-0.25, -0.2) is 4.79 Å². The van der Waals surface area contributed by atoms with Crippen molar-refractivity contribution in [1.82, 2.24) is 0 Å². The Balaban J connectivity index is 2.16. The normalized spacial score (nSPS) is 11.7. The monoisotopic (exact) mass is 526 g/mol. The number of esters is 2. The Morgan fingerprint density at radius 3 is 1.67 bits per heavy atom. The minimum absolute atomic E-state index is 0.0463. The highest BCUT2D eigenvalue weighted by Crippen LogP contribution is 2.36. The molecule has 0 aliphatic heterocycles. The lowest BCUT2D eigenvalue weighted by Gasteiger charge is -2.22. The second kappa shape index (κ2) is 12.5. The lowest BCUT2D eigenvalue weighted by molar-refractivity contribution is -0.144. The highest BCUT2D eigenvalue weighted by Gasteiger charge is 2.18. The van der Waals surface area contributed by atoms with Crippen LogP contribution in [-0.2, 0) is 42.9 Å². The summed E-state index contributed by atoms with van der Waals surface area (Å²) in [5.41, 5.74) is 8.76. The first-order chi connectivity index (χ1) is 18.3. The van der Waals surface area contributed by atoms with Crippen LogP contribution in [0.2, 0.25) is 0 Å². The fraction of sp³-hybridized carbons (Fsp3) is 0.371. The zero-order valence-electron chi connectivity index (χ0n) is 24.5. The van der Waals surface area contributed by atoms with Crippen LogP contribution < -0.4 is 0 Å². The average molecular weight is 527 g/mol. The Kier molecular flexibility index (Phi) is 9.55. The number of rotatable bonds is 9. The maximum absolute atomic E-state index is 12.1. The maximum Gasteiger partial charge on any atom is 0.330 e. The van der Waals surface area contributed by atoms with Gasteiger partial charge in [-0.1, -0.05) is 110 Å². The molecule has 0 atom stereocenters. The highest BCUT2D eigenvalue weighted by molar-refractivity contribution is 5.81. The van der Waals surface area contributed by atoms with Gasteiger partial charge in [-0.3, -0.25) is 4.79 Å². The molecule has 3 aromatic carbocycles. The van der Waals surface area contributed by atoms with Crippen molar-refractivity contribution < 1.29 is 19.1 Å². The van der Waals surface area contributed by atoms with Crippen molar-refractivity contribution in [2.45, 2.75) is 78.7 Å². The predicted octanol–water partition coefficient (Wildman–Crippen LogP) is 8.34. The van der Waals surface area contributed by atoms with Gasteiger partial charge in [0, 0.05) is 18.9 Å². The van der Waals surface area contributed by atoms with Crippen molar-refractivity contribution in [3.63, 3.8) is 0 Å². The molecule has 0 saturated carbocycles. The second-order valence-corrected chi connectivity index (χ2v) is 12.0. The van der Waals surface area contributed by atoms with Crippen LogP contribution >= 0.6 is 0 Å². The molecule has 39 heavy (non-hydrogen) atoms. The van der Waals surface area contributed by atoms with E-state index in [9.17, 15) is 9.59 Å². The fourth-order valence-electron chi connectivity index (χ4n) is 4.44. The van der Waals surface area contributed by atoms with Crippen LogP contribution in [0, 0.1) is 0 Å². The van der Waals surface area contributed by atoms with Gasteiger partial charge in [0.1, 0.15) is 6.61 Å². The summed E-state index contributed by atoms with van der Waals surface area (Å²) in [7, 11) is 0. The molecule has 0 fully saturated rings. The van der Waals surface area contributed by atoms with Crippen LogP contribution in [0.5, 0.6) is 0 Å². The van der Waals surface area contributed by atoms with E-state index >= 15 is 0 Å². The summed E-state index contributed by atoms with van der Waals surface area (Å²) < 4.78 is 10.9. The van der Waals surface area contributed by atoms with Crippen LogP contribution in [0.15, 0.2) is 73.3 Å². The van der Waals surface area contributed by atoms with Gasteiger partial charge in [-0.05, 0) is 61.4 Å². The summed E-state index contributed by atoms with van der Waals surface area (Å²) in [5, 5.41) is 0. The topological polar surface area (TPSA) is 52.6 Å². The van der Waals surface area contributed by atoms with E-state index in [1.807, 2.05) is 0 Å². The molecule has 0 bridgehead atoms. The van der Waals surface area contributed by atoms with Crippen molar-refractivity contribution in [2.75, 3.05) is 6.61 Å². The van der Waals surface area contributed by atoms with E-state index in [0.717, 1.165) is 33.4 Å². The highest BCUT2D eigenvalue weighted by atomic mass is 16.5. The number of carbonyl (C=O) groups is 2. The third kappa shape index (κ3) is 7.92. The van der Waals surface area contributed by atoms with Gasteiger partial charge in [0.15, 0.2) is 0 Å². The zero-order valence-corrected chi connectivity index (χ0v) is 24.5. The minimum Gasteiger partial charge on any atom is -0.462 e. The fourth-order valence-corrected chi connectivity index (χ4v) is 4.44. The number of benzene rings is 3. The molecule has 206 valence electrons. The van der Waals surface area contributed by atoms with Crippen molar-refractivity contribution in [2.24, 2.45) is 0 Å². The van der Waals surface area contributed by atoms with Crippen molar-refractivity contribution in [3.8, 4) is 22.3 Å². The van der Waals surface area contributed by atoms with E-state index in [0.29, 0.717) is 12.8 Å². The van der Waals surface area contributed by atoms with Gasteiger partial charge >= 0.3 is 11.9 Å². The SMILES string of the molecule is C=CC(=O)OCCc1cc(COC(=O)CC)c(-c2ccc(C(C)(C)C)cc2)cc1-c1ccc(C(C)(C)C)cc1. The van der Waals surface area contributed by atoms with Gasteiger partial charge in [-0.15, -0.1) is 0 Å². The molecule has 0 aliphatic rings. The summed E-state index contributed by atoms with van der Waals surface area (Å²) in [6, 6.07) is 21.5. The molecular formula is C35H42O4. The molecule has 0 spiro atoms. The van der Waals surface area contributed by atoms with Gasteiger partial charge in [-0.2, -0.15) is 0 Å². The van der Waals surface area contributed by atoms with Crippen LogP contribution in [-0.4, -0.2) is 18.5 Å². The first kappa shape index (κ1) is 29.9. The van der Waals surface area contributed by atoms with Crippen molar-refractivity contribution in [3.05, 3.63) is 95.6 Å². The maximum atomic E-state index is 12.1. The Morgan fingerprint density at radius 1 is 0.744 bits per heavy atom.